The molecule has 0 spiro atoms. The molecule has 1 amide bonds. The van der Waals surface area contributed by atoms with E-state index in [0.29, 0.717) is 0 Å². The van der Waals surface area contributed by atoms with Crippen molar-refractivity contribution < 1.29 is 4.79 Å². The fourth-order valence-corrected chi connectivity index (χ4v) is 3.27. The van der Waals surface area contributed by atoms with Crippen molar-refractivity contribution in [3.05, 3.63) is 83.4 Å². The number of nitrogens with one attached hydrogen (secondary N) is 1. The highest BCUT2D eigenvalue weighted by Crippen LogP contribution is 2.34. The van der Waals surface area contributed by atoms with E-state index >= 15 is 0 Å². The molecule has 0 heterocycles. The van der Waals surface area contributed by atoms with Crippen molar-refractivity contribution >= 4 is 28.4 Å². The molecule has 112 valence electrons. The van der Waals surface area contributed by atoms with Crippen molar-refractivity contribution in [3.8, 4) is 0 Å². The number of aryl methyl sites for hydroxylation is 2. The second kappa shape index (κ2) is 5.73. The van der Waals surface area contributed by atoms with Crippen LogP contribution in [0.4, 0.5) is 5.69 Å². The van der Waals surface area contributed by atoms with Crippen LogP contribution in [0.3, 0.4) is 0 Å². The fourth-order valence-electron chi connectivity index (χ4n) is 3.27. The molecule has 1 aliphatic carbocycles. The third-order valence-corrected chi connectivity index (χ3v) is 4.36. The maximum atomic E-state index is 12.2. The molecule has 0 aliphatic heterocycles. The molecule has 1 N–H and O–H groups in total. The Bertz CT molecular complexity index is 900. The molecule has 0 saturated heterocycles. The Morgan fingerprint density at radius 1 is 0.870 bits per heavy atom. The topological polar surface area (TPSA) is 29.1 Å². The van der Waals surface area contributed by atoms with Gasteiger partial charge in [-0.1, -0.05) is 54.6 Å². The van der Waals surface area contributed by atoms with Gasteiger partial charge in [-0.25, -0.2) is 0 Å². The van der Waals surface area contributed by atoms with Gasteiger partial charge in [0, 0.05) is 17.1 Å². The number of anilines is 1. The summed E-state index contributed by atoms with van der Waals surface area (Å²) in [5.41, 5.74) is 4.67. The van der Waals surface area contributed by atoms with Crippen LogP contribution in [0.1, 0.15) is 16.7 Å². The van der Waals surface area contributed by atoms with Crippen molar-refractivity contribution in [1.82, 2.24) is 0 Å². The SMILES string of the molecule is O=C(/C=C/c1ccccc1)Nc1ccc2c3c(cccc13)CC2. The summed E-state index contributed by atoms with van der Waals surface area (Å²) in [5.74, 6) is -0.104. The highest BCUT2D eigenvalue weighted by molar-refractivity contribution is 6.09. The largest absolute Gasteiger partial charge is 0.322 e. The fraction of sp³-hybridized carbons (Fsp3) is 0.0952. The Balaban J connectivity index is 1.61. The number of amides is 1. The zero-order chi connectivity index (χ0) is 15.6. The molecular weight excluding hydrogens is 282 g/mol. The van der Waals surface area contributed by atoms with E-state index in [2.05, 4.69) is 29.6 Å². The van der Waals surface area contributed by atoms with Crippen LogP contribution in [-0.4, -0.2) is 5.91 Å². The third-order valence-electron chi connectivity index (χ3n) is 4.36. The first-order chi connectivity index (χ1) is 11.3. The van der Waals surface area contributed by atoms with E-state index in [1.54, 1.807) is 6.08 Å². The lowest BCUT2D eigenvalue weighted by molar-refractivity contribution is -0.111. The molecule has 1 aliphatic rings. The maximum Gasteiger partial charge on any atom is 0.248 e. The van der Waals surface area contributed by atoms with E-state index in [-0.39, 0.29) is 5.91 Å². The van der Waals surface area contributed by atoms with Crippen molar-refractivity contribution in [1.29, 1.82) is 0 Å². The number of rotatable bonds is 3. The minimum atomic E-state index is -0.104. The Morgan fingerprint density at radius 3 is 2.48 bits per heavy atom. The Morgan fingerprint density at radius 2 is 1.65 bits per heavy atom. The summed E-state index contributed by atoms with van der Waals surface area (Å²) < 4.78 is 0. The van der Waals surface area contributed by atoms with Crippen molar-refractivity contribution in [2.75, 3.05) is 5.32 Å². The van der Waals surface area contributed by atoms with E-state index in [9.17, 15) is 4.79 Å². The van der Waals surface area contributed by atoms with E-state index in [0.717, 1.165) is 29.5 Å². The van der Waals surface area contributed by atoms with Crippen LogP contribution in [0.5, 0.6) is 0 Å². The minimum Gasteiger partial charge on any atom is -0.322 e. The first kappa shape index (κ1) is 13.8. The second-order valence-electron chi connectivity index (χ2n) is 5.85. The summed E-state index contributed by atoms with van der Waals surface area (Å²) >= 11 is 0. The number of hydrogen-bond donors (Lipinski definition) is 1. The number of carbonyl (C=O) groups is 1. The third kappa shape index (κ3) is 2.64. The van der Waals surface area contributed by atoms with Gasteiger partial charge in [-0.15, -0.1) is 0 Å². The van der Waals surface area contributed by atoms with Crippen molar-refractivity contribution in [2.24, 2.45) is 0 Å². The van der Waals surface area contributed by atoms with Crippen LogP contribution in [0.25, 0.3) is 16.8 Å². The molecule has 3 aromatic rings. The monoisotopic (exact) mass is 299 g/mol. The normalized spacial score (nSPS) is 12.9. The van der Waals surface area contributed by atoms with E-state index < -0.39 is 0 Å². The van der Waals surface area contributed by atoms with Crippen molar-refractivity contribution in [3.63, 3.8) is 0 Å². The Labute approximate surface area is 135 Å². The van der Waals surface area contributed by atoms with Gasteiger partial charge >= 0.3 is 0 Å². The molecule has 2 nitrogen and oxygen atoms in total. The number of hydrogen-bond acceptors (Lipinski definition) is 1. The number of carbonyl (C=O) groups excluding carboxylic acids is 1. The van der Waals surface area contributed by atoms with E-state index in [4.69, 9.17) is 0 Å². The molecule has 0 radical (unpaired) electrons. The van der Waals surface area contributed by atoms with Crippen LogP contribution in [-0.2, 0) is 17.6 Å². The standard InChI is InChI=1S/C21H17NO/c23-20(14-9-15-5-2-1-3-6-15)22-19-13-12-17-11-10-16-7-4-8-18(19)21(16)17/h1-9,12-14H,10-11H2,(H,22,23)/b14-9+. The smallest absolute Gasteiger partial charge is 0.248 e. The second-order valence-corrected chi connectivity index (χ2v) is 5.85. The van der Waals surface area contributed by atoms with Gasteiger partial charge in [0.25, 0.3) is 0 Å². The van der Waals surface area contributed by atoms with Gasteiger partial charge in [-0.2, -0.15) is 0 Å². The Hall–Kier alpha value is -2.87. The van der Waals surface area contributed by atoms with E-state index in [1.807, 2.05) is 42.5 Å². The number of benzene rings is 3. The van der Waals surface area contributed by atoms with E-state index in [1.165, 1.54) is 16.5 Å². The minimum absolute atomic E-state index is 0.104. The maximum absolute atomic E-state index is 12.2. The van der Waals surface area contributed by atoms with Gasteiger partial charge in [0.15, 0.2) is 0 Å². The van der Waals surface area contributed by atoms with Crippen LogP contribution in [0.2, 0.25) is 0 Å². The molecule has 3 aromatic carbocycles. The molecule has 0 unspecified atom stereocenters. The van der Waals surface area contributed by atoms with Crippen molar-refractivity contribution in [2.45, 2.75) is 12.8 Å². The van der Waals surface area contributed by atoms with Gasteiger partial charge in [0.05, 0.1) is 0 Å². The van der Waals surface area contributed by atoms with Crippen LogP contribution in [0, 0.1) is 0 Å². The Kier molecular flexibility index (Phi) is 3.43. The first-order valence-electron chi connectivity index (χ1n) is 7.89. The lowest BCUT2D eigenvalue weighted by Gasteiger charge is -2.09. The van der Waals surface area contributed by atoms with Gasteiger partial charge in [-0.05, 0) is 47.1 Å². The highest BCUT2D eigenvalue weighted by atomic mass is 16.1. The predicted octanol–water partition coefficient (Wildman–Crippen LogP) is 4.59. The summed E-state index contributed by atoms with van der Waals surface area (Å²) in [5, 5.41) is 5.47. The lowest BCUT2D eigenvalue weighted by atomic mass is 10.0. The van der Waals surface area contributed by atoms with Gasteiger partial charge in [0.1, 0.15) is 0 Å². The highest BCUT2D eigenvalue weighted by Gasteiger charge is 2.16. The average Bonchev–Trinajstić information content (AvgIpc) is 3.01. The van der Waals surface area contributed by atoms with Crippen LogP contribution in [0.15, 0.2) is 66.7 Å². The van der Waals surface area contributed by atoms with Crippen LogP contribution < -0.4 is 5.32 Å². The summed E-state index contributed by atoms with van der Waals surface area (Å²) in [6, 6.07) is 20.3. The van der Waals surface area contributed by atoms with Gasteiger partial charge in [0.2, 0.25) is 5.91 Å². The molecule has 0 atom stereocenters. The predicted molar refractivity (Wildman–Crippen MR) is 95.5 cm³/mol. The quantitative estimate of drug-likeness (QED) is 0.704. The molecule has 0 saturated carbocycles. The van der Waals surface area contributed by atoms with Gasteiger partial charge in [-0.3, -0.25) is 4.79 Å². The van der Waals surface area contributed by atoms with Gasteiger partial charge < -0.3 is 5.32 Å². The molecule has 2 heteroatoms. The molecule has 0 aromatic heterocycles. The summed E-state index contributed by atoms with van der Waals surface area (Å²) in [7, 11) is 0. The zero-order valence-corrected chi connectivity index (χ0v) is 12.8. The molecular formula is C21H17NO. The summed E-state index contributed by atoms with van der Waals surface area (Å²) in [4.78, 5) is 12.2. The summed E-state index contributed by atoms with van der Waals surface area (Å²) in [6.45, 7) is 0. The molecule has 0 fully saturated rings. The zero-order valence-electron chi connectivity index (χ0n) is 12.8. The average molecular weight is 299 g/mol. The van der Waals surface area contributed by atoms with Crippen LogP contribution >= 0.6 is 0 Å². The summed E-state index contributed by atoms with van der Waals surface area (Å²) in [6.07, 6.45) is 5.60. The molecule has 23 heavy (non-hydrogen) atoms. The molecule has 0 bridgehead atoms. The molecule has 4 rings (SSSR count). The first-order valence-corrected chi connectivity index (χ1v) is 7.89. The lowest BCUT2D eigenvalue weighted by Crippen LogP contribution is -2.08.